The van der Waals surface area contributed by atoms with Crippen LogP contribution in [-0.4, -0.2) is 28.5 Å². The summed E-state index contributed by atoms with van der Waals surface area (Å²) < 4.78 is 5.15. The van der Waals surface area contributed by atoms with E-state index in [2.05, 4.69) is 20.6 Å². The van der Waals surface area contributed by atoms with Gasteiger partial charge in [-0.2, -0.15) is 0 Å². The number of benzene rings is 1. The first-order valence-corrected chi connectivity index (χ1v) is 7.36. The van der Waals surface area contributed by atoms with Crippen molar-refractivity contribution in [3.63, 3.8) is 0 Å². The molecule has 23 heavy (non-hydrogen) atoms. The molecular formula is C17H22N4O2. The van der Waals surface area contributed by atoms with E-state index in [9.17, 15) is 4.79 Å². The van der Waals surface area contributed by atoms with Crippen molar-refractivity contribution in [2.45, 2.75) is 33.2 Å². The SMILES string of the molecule is COc1cccc(NC(=O)c2cc(C)nc(NC(C)(C)C)n2)c1. The van der Waals surface area contributed by atoms with E-state index in [0.717, 1.165) is 5.69 Å². The molecule has 0 aliphatic rings. The topological polar surface area (TPSA) is 76.1 Å². The highest BCUT2D eigenvalue weighted by atomic mass is 16.5. The monoisotopic (exact) mass is 314 g/mol. The third-order valence-corrected chi connectivity index (χ3v) is 2.90. The predicted molar refractivity (Wildman–Crippen MR) is 91.1 cm³/mol. The summed E-state index contributed by atoms with van der Waals surface area (Å²) in [5.41, 5.74) is 1.50. The summed E-state index contributed by atoms with van der Waals surface area (Å²) in [5.74, 6) is 0.825. The van der Waals surface area contributed by atoms with E-state index in [4.69, 9.17) is 4.74 Å². The smallest absolute Gasteiger partial charge is 0.274 e. The lowest BCUT2D eigenvalue weighted by Crippen LogP contribution is -2.28. The molecule has 2 N–H and O–H groups in total. The van der Waals surface area contributed by atoms with Gasteiger partial charge < -0.3 is 15.4 Å². The van der Waals surface area contributed by atoms with E-state index in [1.165, 1.54) is 0 Å². The minimum Gasteiger partial charge on any atom is -0.497 e. The van der Waals surface area contributed by atoms with E-state index in [0.29, 0.717) is 23.1 Å². The Labute approximate surface area is 136 Å². The zero-order valence-electron chi connectivity index (χ0n) is 14.1. The van der Waals surface area contributed by atoms with E-state index < -0.39 is 0 Å². The Morgan fingerprint density at radius 2 is 1.91 bits per heavy atom. The van der Waals surface area contributed by atoms with Gasteiger partial charge in [-0.25, -0.2) is 9.97 Å². The number of nitrogens with one attached hydrogen (secondary N) is 2. The molecule has 1 amide bonds. The van der Waals surface area contributed by atoms with Crippen LogP contribution in [0.5, 0.6) is 5.75 Å². The number of hydrogen-bond donors (Lipinski definition) is 2. The molecule has 2 rings (SSSR count). The lowest BCUT2D eigenvalue weighted by molar-refractivity contribution is 0.102. The van der Waals surface area contributed by atoms with Crippen LogP contribution in [0.1, 0.15) is 37.0 Å². The summed E-state index contributed by atoms with van der Waals surface area (Å²) in [6.45, 7) is 7.86. The Kier molecular flexibility index (Phi) is 4.83. The van der Waals surface area contributed by atoms with Crippen molar-refractivity contribution in [2.75, 3.05) is 17.7 Å². The maximum absolute atomic E-state index is 12.4. The Morgan fingerprint density at radius 1 is 1.17 bits per heavy atom. The van der Waals surface area contributed by atoms with E-state index in [1.54, 1.807) is 25.3 Å². The van der Waals surface area contributed by atoms with Gasteiger partial charge in [-0.05, 0) is 45.9 Å². The zero-order valence-corrected chi connectivity index (χ0v) is 14.1. The summed E-state index contributed by atoms with van der Waals surface area (Å²) in [7, 11) is 1.58. The number of anilines is 2. The molecule has 0 fully saturated rings. The van der Waals surface area contributed by atoms with Gasteiger partial charge in [0.05, 0.1) is 7.11 Å². The van der Waals surface area contributed by atoms with Gasteiger partial charge in [0.15, 0.2) is 0 Å². The highest BCUT2D eigenvalue weighted by molar-refractivity contribution is 6.03. The Bertz CT molecular complexity index is 708. The highest BCUT2D eigenvalue weighted by Crippen LogP contribution is 2.18. The van der Waals surface area contributed by atoms with E-state index >= 15 is 0 Å². The highest BCUT2D eigenvalue weighted by Gasteiger charge is 2.15. The fourth-order valence-corrected chi connectivity index (χ4v) is 1.97. The second-order valence-corrected chi connectivity index (χ2v) is 6.28. The van der Waals surface area contributed by atoms with Gasteiger partial charge in [-0.3, -0.25) is 4.79 Å². The molecule has 1 aromatic heterocycles. The number of carbonyl (C=O) groups excluding carboxylic acids is 1. The Morgan fingerprint density at radius 3 is 2.57 bits per heavy atom. The first kappa shape index (κ1) is 16.7. The standard InChI is InChI=1S/C17H22N4O2/c1-11-9-14(20-16(18-11)21-17(2,3)4)15(22)19-12-7-6-8-13(10-12)23-5/h6-10H,1-5H3,(H,19,22)(H,18,20,21). The second-order valence-electron chi connectivity index (χ2n) is 6.28. The van der Waals surface area contributed by atoms with Crippen LogP contribution in [0.25, 0.3) is 0 Å². The molecule has 0 aliphatic heterocycles. The number of rotatable bonds is 4. The summed E-state index contributed by atoms with van der Waals surface area (Å²) in [5, 5.41) is 5.99. The fourth-order valence-electron chi connectivity index (χ4n) is 1.97. The average Bonchev–Trinajstić information content (AvgIpc) is 2.45. The minimum atomic E-state index is -0.291. The molecule has 0 saturated heterocycles. The zero-order chi connectivity index (χ0) is 17.0. The van der Waals surface area contributed by atoms with Crippen LogP contribution < -0.4 is 15.4 Å². The van der Waals surface area contributed by atoms with Crippen LogP contribution in [0.15, 0.2) is 30.3 Å². The van der Waals surface area contributed by atoms with Crippen molar-refractivity contribution < 1.29 is 9.53 Å². The van der Waals surface area contributed by atoms with Crippen molar-refractivity contribution in [1.29, 1.82) is 0 Å². The number of aromatic nitrogens is 2. The second kappa shape index (κ2) is 6.64. The molecule has 1 aromatic carbocycles. The van der Waals surface area contributed by atoms with Crippen molar-refractivity contribution in [1.82, 2.24) is 9.97 Å². The van der Waals surface area contributed by atoms with Gasteiger partial charge in [-0.15, -0.1) is 0 Å². The number of nitrogens with zero attached hydrogens (tertiary/aromatic N) is 2. The first-order chi connectivity index (χ1) is 10.8. The number of hydrogen-bond acceptors (Lipinski definition) is 5. The molecule has 122 valence electrons. The fraction of sp³-hybridized carbons (Fsp3) is 0.353. The lowest BCUT2D eigenvalue weighted by atomic mass is 10.1. The molecule has 0 bridgehead atoms. The normalized spacial score (nSPS) is 11.0. The van der Waals surface area contributed by atoms with Crippen molar-refractivity contribution >= 4 is 17.5 Å². The Hall–Kier alpha value is -2.63. The Balaban J connectivity index is 2.21. The van der Waals surface area contributed by atoms with Crippen molar-refractivity contribution in [3.8, 4) is 5.75 Å². The minimum absolute atomic E-state index is 0.186. The number of methoxy groups -OCH3 is 1. The van der Waals surface area contributed by atoms with Crippen LogP contribution in [0.4, 0.5) is 11.6 Å². The third kappa shape index (κ3) is 4.95. The van der Waals surface area contributed by atoms with E-state index in [-0.39, 0.29) is 11.4 Å². The molecule has 6 nitrogen and oxygen atoms in total. The molecular weight excluding hydrogens is 292 g/mol. The average molecular weight is 314 g/mol. The molecule has 1 heterocycles. The molecule has 0 saturated carbocycles. The molecule has 0 unspecified atom stereocenters. The van der Waals surface area contributed by atoms with Gasteiger partial charge in [0, 0.05) is 23.0 Å². The summed E-state index contributed by atoms with van der Waals surface area (Å²) >= 11 is 0. The van der Waals surface area contributed by atoms with Crippen LogP contribution in [0.3, 0.4) is 0 Å². The number of amides is 1. The van der Waals surface area contributed by atoms with Crippen LogP contribution in [-0.2, 0) is 0 Å². The van der Waals surface area contributed by atoms with Crippen LogP contribution in [0.2, 0.25) is 0 Å². The van der Waals surface area contributed by atoms with Gasteiger partial charge in [0.1, 0.15) is 11.4 Å². The van der Waals surface area contributed by atoms with Crippen LogP contribution >= 0.6 is 0 Å². The van der Waals surface area contributed by atoms with Gasteiger partial charge in [0.25, 0.3) is 5.91 Å². The summed E-state index contributed by atoms with van der Waals surface area (Å²) in [6.07, 6.45) is 0. The first-order valence-electron chi connectivity index (χ1n) is 7.36. The maximum atomic E-state index is 12.4. The molecule has 0 atom stereocenters. The van der Waals surface area contributed by atoms with Crippen LogP contribution in [0, 0.1) is 6.92 Å². The van der Waals surface area contributed by atoms with Gasteiger partial charge >= 0.3 is 0 Å². The van der Waals surface area contributed by atoms with Gasteiger partial charge in [0.2, 0.25) is 5.95 Å². The third-order valence-electron chi connectivity index (χ3n) is 2.90. The quantitative estimate of drug-likeness (QED) is 0.906. The molecule has 0 spiro atoms. The lowest BCUT2D eigenvalue weighted by Gasteiger charge is -2.20. The molecule has 0 aliphatic carbocycles. The summed E-state index contributed by atoms with van der Waals surface area (Å²) in [6, 6.07) is 8.83. The summed E-state index contributed by atoms with van der Waals surface area (Å²) in [4.78, 5) is 21.0. The van der Waals surface area contributed by atoms with E-state index in [1.807, 2.05) is 39.8 Å². The van der Waals surface area contributed by atoms with Crippen molar-refractivity contribution in [2.24, 2.45) is 0 Å². The molecule has 6 heteroatoms. The molecule has 2 aromatic rings. The maximum Gasteiger partial charge on any atom is 0.274 e. The largest absolute Gasteiger partial charge is 0.497 e. The predicted octanol–water partition coefficient (Wildman–Crippen LogP) is 3.26. The van der Waals surface area contributed by atoms with Crippen molar-refractivity contribution in [3.05, 3.63) is 41.7 Å². The number of carbonyl (C=O) groups is 1. The molecule has 0 radical (unpaired) electrons. The number of ether oxygens (including phenoxy) is 1. The number of aryl methyl sites for hydroxylation is 1. The van der Waals surface area contributed by atoms with Gasteiger partial charge in [-0.1, -0.05) is 6.07 Å².